The van der Waals surface area contributed by atoms with Crippen molar-refractivity contribution in [2.75, 3.05) is 13.2 Å². The number of halogens is 1. The van der Waals surface area contributed by atoms with E-state index in [9.17, 15) is 4.79 Å². The summed E-state index contributed by atoms with van der Waals surface area (Å²) in [5.74, 6) is 0.850. The number of carbonyl (C=O) groups excluding carboxylic acids is 1. The maximum Gasteiger partial charge on any atom is 0.254 e. The van der Waals surface area contributed by atoms with E-state index in [1.807, 2.05) is 54.3 Å². The Hall–Kier alpha value is -3.05. The van der Waals surface area contributed by atoms with Gasteiger partial charge in [0.1, 0.15) is 5.75 Å². The molecule has 2 heterocycles. The molecule has 5 heteroatoms. The van der Waals surface area contributed by atoms with Crippen molar-refractivity contribution >= 4 is 32.7 Å². The molecule has 31 heavy (non-hydrogen) atoms. The molecule has 1 unspecified atom stereocenters. The molecule has 0 bridgehead atoms. The van der Waals surface area contributed by atoms with E-state index in [4.69, 9.17) is 4.74 Å². The fourth-order valence-electron chi connectivity index (χ4n) is 4.51. The molecule has 1 N–H and O–H groups in total. The van der Waals surface area contributed by atoms with Crippen LogP contribution in [-0.4, -0.2) is 28.9 Å². The number of fused-ring (bicyclic) bond motifs is 3. The highest BCUT2D eigenvalue weighted by Crippen LogP contribution is 2.39. The minimum Gasteiger partial charge on any atom is -0.494 e. The molecule has 0 spiro atoms. The van der Waals surface area contributed by atoms with Gasteiger partial charge in [-0.3, -0.25) is 4.79 Å². The van der Waals surface area contributed by atoms with Crippen LogP contribution in [0, 0.1) is 0 Å². The summed E-state index contributed by atoms with van der Waals surface area (Å²) in [4.78, 5) is 19.2. The average Bonchev–Trinajstić information content (AvgIpc) is 3.17. The van der Waals surface area contributed by atoms with Gasteiger partial charge in [0.25, 0.3) is 5.91 Å². The summed E-state index contributed by atoms with van der Waals surface area (Å²) in [5, 5.41) is 1.24. The number of aromatic amines is 1. The van der Waals surface area contributed by atoms with Crippen LogP contribution in [0.1, 0.15) is 40.1 Å². The van der Waals surface area contributed by atoms with Gasteiger partial charge in [-0.15, -0.1) is 0 Å². The lowest BCUT2D eigenvalue weighted by molar-refractivity contribution is 0.0691. The number of H-pyrrole nitrogens is 1. The summed E-state index contributed by atoms with van der Waals surface area (Å²) in [6.45, 7) is 3.24. The van der Waals surface area contributed by atoms with Crippen LogP contribution in [0.3, 0.4) is 0 Å². The molecule has 1 atom stereocenters. The summed E-state index contributed by atoms with van der Waals surface area (Å²) < 4.78 is 6.72. The molecule has 0 saturated heterocycles. The topological polar surface area (TPSA) is 45.3 Å². The third-order valence-corrected chi connectivity index (χ3v) is 6.40. The molecule has 4 nitrogen and oxygen atoms in total. The zero-order valence-corrected chi connectivity index (χ0v) is 18.9. The number of para-hydroxylation sites is 1. The van der Waals surface area contributed by atoms with Crippen LogP contribution < -0.4 is 4.74 Å². The summed E-state index contributed by atoms with van der Waals surface area (Å²) in [7, 11) is 0. The second-order valence-corrected chi connectivity index (χ2v) is 8.64. The molecule has 1 aliphatic heterocycles. The quantitative estimate of drug-likeness (QED) is 0.387. The lowest BCUT2D eigenvalue weighted by atomic mass is 9.91. The van der Waals surface area contributed by atoms with Crippen molar-refractivity contribution in [3.05, 3.63) is 99.7 Å². The van der Waals surface area contributed by atoms with Crippen molar-refractivity contribution in [3.8, 4) is 5.75 Å². The predicted octanol–water partition coefficient (Wildman–Crippen LogP) is 6.12. The van der Waals surface area contributed by atoms with E-state index >= 15 is 0 Å². The number of carbonyl (C=O) groups is 1. The summed E-state index contributed by atoms with van der Waals surface area (Å²) in [6, 6.07) is 23.8. The molecule has 0 aliphatic carbocycles. The SMILES string of the molecule is CCOc1cccc(C2c3[nH]c4ccccc4c3CCN2C(=O)c2ccc(Br)cc2)c1. The molecule has 1 aromatic heterocycles. The maximum absolute atomic E-state index is 13.6. The van der Waals surface area contributed by atoms with E-state index < -0.39 is 0 Å². The number of aromatic nitrogens is 1. The first kappa shape index (κ1) is 19.9. The van der Waals surface area contributed by atoms with Gasteiger partial charge in [0.15, 0.2) is 0 Å². The molecule has 0 fully saturated rings. The molecular weight excluding hydrogens is 452 g/mol. The fourth-order valence-corrected chi connectivity index (χ4v) is 4.77. The van der Waals surface area contributed by atoms with E-state index in [2.05, 4.69) is 51.2 Å². The highest BCUT2D eigenvalue weighted by molar-refractivity contribution is 9.10. The van der Waals surface area contributed by atoms with Crippen molar-refractivity contribution in [1.29, 1.82) is 0 Å². The number of rotatable bonds is 4. The molecule has 0 radical (unpaired) electrons. The van der Waals surface area contributed by atoms with Gasteiger partial charge in [0.2, 0.25) is 0 Å². The van der Waals surface area contributed by atoms with E-state index in [1.165, 1.54) is 10.9 Å². The van der Waals surface area contributed by atoms with Crippen LogP contribution in [-0.2, 0) is 6.42 Å². The second kappa shape index (κ2) is 8.23. The number of amides is 1. The Morgan fingerprint density at radius 2 is 1.90 bits per heavy atom. The zero-order chi connectivity index (χ0) is 21.4. The number of benzene rings is 3. The highest BCUT2D eigenvalue weighted by atomic mass is 79.9. The normalized spacial score (nSPS) is 15.7. The molecule has 4 aromatic rings. The van der Waals surface area contributed by atoms with Gasteiger partial charge in [-0.25, -0.2) is 0 Å². The monoisotopic (exact) mass is 474 g/mol. The summed E-state index contributed by atoms with van der Waals surface area (Å²) >= 11 is 3.46. The number of nitrogens with zero attached hydrogens (tertiary/aromatic N) is 1. The maximum atomic E-state index is 13.6. The Morgan fingerprint density at radius 3 is 2.71 bits per heavy atom. The average molecular weight is 475 g/mol. The Bertz CT molecular complexity index is 1250. The van der Waals surface area contributed by atoms with Gasteiger partial charge in [-0.05, 0) is 66.9 Å². The smallest absolute Gasteiger partial charge is 0.254 e. The van der Waals surface area contributed by atoms with E-state index in [0.717, 1.165) is 33.4 Å². The Kier molecular flexibility index (Phi) is 5.28. The van der Waals surface area contributed by atoms with Crippen molar-refractivity contribution in [3.63, 3.8) is 0 Å². The number of hydrogen-bond acceptors (Lipinski definition) is 2. The second-order valence-electron chi connectivity index (χ2n) is 7.73. The van der Waals surface area contributed by atoms with Crippen LogP contribution in [0.15, 0.2) is 77.3 Å². The molecule has 1 aliphatic rings. The summed E-state index contributed by atoms with van der Waals surface area (Å²) in [5.41, 5.74) is 5.22. The van der Waals surface area contributed by atoms with Crippen molar-refractivity contribution in [2.45, 2.75) is 19.4 Å². The summed E-state index contributed by atoms with van der Waals surface area (Å²) in [6.07, 6.45) is 0.823. The van der Waals surface area contributed by atoms with Gasteiger partial charge >= 0.3 is 0 Å². The first-order chi connectivity index (χ1) is 15.2. The van der Waals surface area contributed by atoms with Gasteiger partial charge < -0.3 is 14.6 Å². The van der Waals surface area contributed by atoms with Crippen LogP contribution in [0.25, 0.3) is 10.9 Å². The van der Waals surface area contributed by atoms with Crippen molar-refractivity contribution < 1.29 is 9.53 Å². The minimum absolute atomic E-state index is 0.0311. The van der Waals surface area contributed by atoms with E-state index in [0.29, 0.717) is 18.7 Å². The zero-order valence-electron chi connectivity index (χ0n) is 17.3. The number of ether oxygens (including phenoxy) is 1. The third kappa shape index (κ3) is 3.63. The Balaban J connectivity index is 1.64. The predicted molar refractivity (Wildman–Crippen MR) is 127 cm³/mol. The lowest BCUT2D eigenvalue weighted by Gasteiger charge is -2.36. The standard InChI is InChI=1S/C26H23BrN2O2/c1-2-31-20-7-5-6-18(16-20)25-24-22(21-8-3-4-9-23(21)28-24)14-15-29(25)26(30)17-10-12-19(27)13-11-17/h3-13,16,25,28H,2,14-15H2,1H3. The minimum atomic E-state index is -0.201. The molecule has 5 rings (SSSR count). The van der Waals surface area contributed by atoms with Crippen molar-refractivity contribution in [1.82, 2.24) is 9.88 Å². The molecular formula is C26H23BrN2O2. The van der Waals surface area contributed by atoms with Crippen LogP contribution >= 0.6 is 15.9 Å². The molecule has 156 valence electrons. The Labute approximate surface area is 190 Å². The molecule has 3 aromatic carbocycles. The molecule has 0 saturated carbocycles. The first-order valence-corrected chi connectivity index (χ1v) is 11.3. The largest absolute Gasteiger partial charge is 0.494 e. The third-order valence-electron chi connectivity index (χ3n) is 5.87. The van der Waals surface area contributed by atoms with Gasteiger partial charge in [0.05, 0.1) is 12.6 Å². The van der Waals surface area contributed by atoms with Gasteiger partial charge in [-0.1, -0.05) is 46.3 Å². The molecule has 1 amide bonds. The highest BCUT2D eigenvalue weighted by Gasteiger charge is 2.35. The van der Waals surface area contributed by atoms with E-state index in [1.54, 1.807) is 0 Å². The lowest BCUT2D eigenvalue weighted by Crippen LogP contribution is -2.40. The first-order valence-electron chi connectivity index (χ1n) is 10.5. The number of nitrogens with one attached hydrogen (secondary N) is 1. The Morgan fingerprint density at radius 1 is 1.10 bits per heavy atom. The van der Waals surface area contributed by atoms with Crippen LogP contribution in [0.4, 0.5) is 0 Å². The van der Waals surface area contributed by atoms with E-state index in [-0.39, 0.29) is 11.9 Å². The van der Waals surface area contributed by atoms with Gasteiger partial charge in [-0.2, -0.15) is 0 Å². The fraction of sp³-hybridized carbons (Fsp3) is 0.192. The number of hydrogen-bond donors (Lipinski definition) is 1. The van der Waals surface area contributed by atoms with Crippen LogP contribution in [0.2, 0.25) is 0 Å². The van der Waals surface area contributed by atoms with Crippen LogP contribution in [0.5, 0.6) is 5.75 Å². The van der Waals surface area contributed by atoms with Gasteiger partial charge in [0, 0.05) is 33.2 Å². The van der Waals surface area contributed by atoms with Crippen molar-refractivity contribution in [2.24, 2.45) is 0 Å².